The smallest absolute Gasteiger partial charge is 0.319 e. The number of amides is 1. The lowest BCUT2D eigenvalue weighted by atomic mass is 9.75. The molecule has 1 amide bonds. The topological polar surface area (TPSA) is 111 Å². The van der Waals surface area contributed by atoms with Gasteiger partial charge >= 0.3 is 5.97 Å². The van der Waals surface area contributed by atoms with Crippen molar-refractivity contribution in [2.45, 2.75) is 79.4 Å². The summed E-state index contributed by atoms with van der Waals surface area (Å²) in [6.45, 7) is 17.7. The molecule has 0 aromatic heterocycles. The molecule has 0 spiro atoms. The number of nitrogens with zero attached hydrogens (tertiary/aromatic N) is 3. The lowest BCUT2D eigenvalue weighted by molar-refractivity contribution is -0.164. The van der Waals surface area contributed by atoms with Gasteiger partial charge in [-0.3, -0.25) is 19.3 Å². The fraction of sp³-hybridized carbons (Fsp3) is 0.897. The van der Waals surface area contributed by atoms with Crippen LogP contribution < -0.4 is 0 Å². The molecule has 4 atom stereocenters. The molecule has 2 saturated heterocycles. The van der Waals surface area contributed by atoms with Crippen molar-refractivity contribution in [3.8, 4) is 0 Å². The molecule has 2 rings (SSSR count). The fourth-order valence-corrected chi connectivity index (χ4v) is 6.18. The highest BCUT2D eigenvalue weighted by molar-refractivity contribution is 6.03. The Balaban J connectivity index is 0.00000722. The number of ether oxygens (including phenoxy) is 2. The predicted octanol–water partition coefficient (Wildman–Crippen LogP) is 2.51. The van der Waals surface area contributed by atoms with Gasteiger partial charge in [0.05, 0.1) is 18.2 Å². The van der Waals surface area contributed by atoms with Crippen LogP contribution in [0.3, 0.4) is 0 Å². The summed E-state index contributed by atoms with van der Waals surface area (Å²) in [5.74, 6) is 0.208. The van der Waals surface area contributed by atoms with E-state index >= 15 is 0 Å². The number of Topliss-reactive ketones (excluding diaryl/α,β-unsaturated/α-hetero) is 1. The number of cyclic esters (lactones) is 1. The second kappa shape index (κ2) is 14.2. The van der Waals surface area contributed by atoms with Gasteiger partial charge in [-0.25, -0.2) is 0 Å². The summed E-state index contributed by atoms with van der Waals surface area (Å²) >= 11 is 0. The van der Waals surface area contributed by atoms with Crippen LogP contribution in [0.15, 0.2) is 0 Å². The van der Waals surface area contributed by atoms with Crippen molar-refractivity contribution in [1.29, 1.82) is 0 Å². The summed E-state index contributed by atoms with van der Waals surface area (Å²) in [5, 5.41) is 0. The maximum absolute atomic E-state index is 13.5. The Hall–Kier alpha value is -1.55. The highest BCUT2D eigenvalue weighted by Crippen LogP contribution is 2.36. The van der Waals surface area contributed by atoms with Gasteiger partial charge in [0.1, 0.15) is 12.0 Å². The van der Waals surface area contributed by atoms with E-state index in [4.69, 9.17) is 9.47 Å². The Morgan fingerprint density at radius 3 is 2.24 bits per heavy atom. The third-order valence-corrected chi connectivity index (χ3v) is 8.31. The molecule has 2 heterocycles. The molecule has 2 aliphatic heterocycles. The number of likely N-dealkylation sites (N-methyl/N-ethyl adjacent to an activating group) is 1. The Labute approximate surface area is 230 Å². The molecule has 9 heteroatoms. The van der Waals surface area contributed by atoms with Gasteiger partial charge in [-0.05, 0) is 59.0 Å². The van der Waals surface area contributed by atoms with E-state index in [-0.39, 0.29) is 41.7 Å². The average molecular weight is 542 g/mol. The van der Waals surface area contributed by atoms with E-state index in [2.05, 4.69) is 32.6 Å². The second-order valence-corrected chi connectivity index (χ2v) is 13.0. The second-order valence-electron chi connectivity index (χ2n) is 13.0. The minimum Gasteiger partial charge on any atom is -0.463 e. The maximum Gasteiger partial charge on any atom is 0.319 e. The van der Waals surface area contributed by atoms with E-state index in [0.717, 1.165) is 25.9 Å². The van der Waals surface area contributed by atoms with Gasteiger partial charge in [-0.2, -0.15) is 0 Å². The van der Waals surface area contributed by atoms with E-state index in [1.165, 1.54) is 0 Å². The number of hydrogen-bond donors (Lipinski definition) is 0. The Bertz CT molecular complexity index is 789. The van der Waals surface area contributed by atoms with E-state index in [1.54, 1.807) is 21.0 Å². The number of likely N-dealkylation sites (tertiary alicyclic amines) is 1. The highest BCUT2D eigenvalue weighted by atomic mass is 16.5. The number of hydrogen-bond acceptors (Lipinski definition) is 7. The molecule has 0 unspecified atom stereocenters. The van der Waals surface area contributed by atoms with Crippen molar-refractivity contribution in [2.75, 3.05) is 60.5 Å². The molecule has 0 radical (unpaired) electrons. The van der Waals surface area contributed by atoms with Gasteiger partial charge in [0.15, 0.2) is 5.78 Å². The third kappa shape index (κ3) is 8.47. The molecule has 0 aliphatic carbocycles. The number of carbonyl (C=O) groups is 3. The zero-order valence-corrected chi connectivity index (χ0v) is 25.6. The van der Waals surface area contributed by atoms with Crippen LogP contribution in [0.1, 0.15) is 67.7 Å². The number of methoxy groups -OCH3 is 1. The summed E-state index contributed by atoms with van der Waals surface area (Å²) in [4.78, 5) is 45.6. The molecule has 222 valence electrons. The van der Waals surface area contributed by atoms with Crippen LogP contribution >= 0.6 is 0 Å². The fourth-order valence-electron chi connectivity index (χ4n) is 6.18. The van der Waals surface area contributed by atoms with Crippen molar-refractivity contribution >= 4 is 17.7 Å². The molecule has 2 N–H and O–H groups in total. The van der Waals surface area contributed by atoms with E-state index in [0.29, 0.717) is 37.9 Å². The zero-order chi connectivity index (χ0) is 28.1. The van der Waals surface area contributed by atoms with Crippen LogP contribution in [0.2, 0.25) is 0 Å². The number of rotatable bonds is 7. The lowest BCUT2D eigenvalue weighted by Gasteiger charge is -2.48. The van der Waals surface area contributed by atoms with Gasteiger partial charge in [-0.1, -0.05) is 34.6 Å². The first-order valence-electron chi connectivity index (χ1n) is 14.1. The molecule has 2 fully saturated rings. The van der Waals surface area contributed by atoms with Gasteiger partial charge in [-0.15, -0.1) is 0 Å². The molecule has 2 aliphatic rings. The van der Waals surface area contributed by atoms with Crippen LogP contribution in [0, 0.1) is 29.1 Å². The SMILES string of the molecule is CC[C@@]1(OC)C[C@@H](C)CN(CC(C)C)[C@H](C2CN(C(=O)CN(C)C)C2)COC(=O)C(C)(C)C(=O)[C@H](C)C1.O. The molecule has 9 nitrogen and oxygen atoms in total. The first-order valence-corrected chi connectivity index (χ1v) is 14.1. The Morgan fingerprint density at radius 1 is 1.13 bits per heavy atom. The number of ketones is 1. The van der Waals surface area contributed by atoms with Crippen LogP contribution in [0.5, 0.6) is 0 Å². The normalized spacial score (nSPS) is 30.1. The number of esters is 1. The maximum atomic E-state index is 13.5. The van der Waals surface area contributed by atoms with E-state index < -0.39 is 17.0 Å². The van der Waals surface area contributed by atoms with Crippen LogP contribution in [-0.4, -0.2) is 110 Å². The first-order chi connectivity index (χ1) is 17.2. The zero-order valence-electron chi connectivity index (χ0n) is 25.6. The average Bonchev–Trinajstić information content (AvgIpc) is 2.77. The molecular formula is C29H55N3O6. The van der Waals surface area contributed by atoms with E-state index in [1.807, 2.05) is 30.8 Å². The molecule has 0 aromatic carbocycles. The largest absolute Gasteiger partial charge is 0.463 e. The molecule has 0 saturated carbocycles. The Morgan fingerprint density at radius 2 is 1.74 bits per heavy atom. The lowest BCUT2D eigenvalue weighted by Crippen LogP contribution is -2.61. The summed E-state index contributed by atoms with van der Waals surface area (Å²) in [5.41, 5.74) is -1.65. The van der Waals surface area contributed by atoms with Crippen molar-refractivity contribution in [2.24, 2.45) is 29.1 Å². The van der Waals surface area contributed by atoms with Gasteiger partial charge < -0.3 is 24.7 Å². The van der Waals surface area contributed by atoms with Crippen LogP contribution in [0.4, 0.5) is 0 Å². The van der Waals surface area contributed by atoms with E-state index in [9.17, 15) is 14.4 Å². The van der Waals surface area contributed by atoms with Crippen molar-refractivity contribution in [3.05, 3.63) is 0 Å². The molecule has 0 aromatic rings. The highest BCUT2D eigenvalue weighted by Gasteiger charge is 2.46. The summed E-state index contributed by atoms with van der Waals surface area (Å²) in [6, 6.07) is -0.0140. The standard InChI is InChI=1S/C29H53N3O5.H2O/c1-11-29(36-10)12-21(4)15-31(14-20(2)3)24(23-16-32(17-23)25(33)18-30(8)9)19-37-27(35)28(6,7)26(34)22(5)13-29;/h20-24H,11-19H2,1-10H3;1H2/t21-,22-,24+,29-;/m1./s1. The van der Waals surface area contributed by atoms with Gasteiger partial charge in [0.25, 0.3) is 0 Å². The molecule has 38 heavy (non-hydrogen) atoms. The van der Waals surface area contributed by atoms with Crippen molar-refractivity contribution in [3.63, 3.8) is 0 Å². The van der Waals surface area contributed by atoms with Crippen molar-refractivity contribution < 1.29 is 29.3 Å². The molecular weight excluding hydrogens is 486 g/mol. The Kier molecular flexibility index (Phi) is 12.9. The summed E-state index contributed by atoms with van der Waals surface area (Å²) in [7, 11) is 5.54. The monoisotopic (exact) mass is 541 g/mol. The third-order valence-electron chi connectivity index (χ3n) is 8.31. The quantitative estimate of drug-likeness (QED) is 0.360. The van der Waals surface area contributed by atoms with Crippen molar-refractivity contribution in [1.82, 2.24) is 14.7 Å². The summed E-state index contributed by atoms with van der Waals surface area (Å²) < 4.78 is 12.0. The first kappa shape index (κ1) is 34.5. The van der Waals surface area contributed by atoms with Gasteiger partial charge in [0, 0.05) is 45.1 Å². The minimum atomic E-state index is -1.23. The van der Waals surface area contributed by atoms with Crippen LogP contribution in [0.25, 0.3) is 0 Å². The van der Waals surface area contributed by atoms with Crippen LogP contribution in [-0.2, 0) is 23.9 Å². The summed E-state index contributed by atoms with van der Waals surface area (Å²) in [6.07, 6.45) is 2.22. The minimum absolute atomic E-state index is 0. The van der Waals surface area contributed by atoms with Gasteiger partial charge in [0.2, 0.25) is 5.91 Å². The predicted molar refractivity (Wildman–Crippen MR) is 150 cm³/mol. The number of carbonyl (C=O) groups excluding carboxylic acids is 3. The molecule has 0 bridgehead atoms.